The maximum absolute atomic E-state index is 10.9. The van der Waals surface area contributed by atoms with E-state index < -0.39 is 11.5 Å². The first-order valence-corrected chi connectivity index (χ1v) is 5.37. The van der Waals surface area contributed by atoms with Crippen molar-refractivity contribution in [3.05, 3.63) is 34.9 Å². The molecule has 0 aliphatic carbocycles. The highest BCUT2D eigenvalue weighted by Gasteiger charge is 2.25. The number of carbonyl (C=O) groups is 1. The largest absolute Gasteiger partial charge is 0.480 e. The molecular formula is C13H19NO2. The third-order valence-electron chi connectivity index (χ3n) is 2.75. The molecule has 0 aromatic heterocycles. The zero-order valence-electron chi connectivity index (χ0n) is 10.3. The zero-order chi connectivity index (χ0) is 12.3. The van der Waals surface area contributed by atoms with E-state index in [0.29, 0.717) is 6.54 Å². The van der Waals surface area contributed by atoms with Crippen LogP contribution in [0, 0.1) is 13.8 Å². The van der Waals surface area contributed by atoms with Crippen molar-refractivity contribution in [3.63, 3.8) is 0 Å². The summed E-state index contributed by atoms with van der Waals surface area (Å²) >= 11 is 0. The molecule has 0 amide bonds. The first kappa shape index (κ1) is 12.7. The molecular weight excluding hydrogens is 202 g/mol. The van der Waals surface area contributed by atoms with Crippen molar-refractivity contribution in [1.82, 2.24) is 5.32 Å². The van der Waals surface area contributed by atoms with Crippen LogP contribution in [0.15, 0.2) is 18.2 Å². The Morgan fingerprint density at radius 1 is 1.38 bits per heavy atom. The van der Waals surface area contributed by atoms with Gasteiger partial charge in [-0.15, -0.1) is 0 Å². The van der Waals surface area contributed by atoms with Gasteiger partial charge in [0.05, 0.1) is 0 Å². The van der Waals surface area contributed by atoms with Crippen molar-refractivity contribution in [1.29, 1.82) is 0 Å². The first-order chi connectivity index (χ1) is 7.33. The molecule has 0 aliphatic heterocycles. The number of benzene rings is 1. The lowest BCUT2D eigenvalue weighted by atomic mass is 10.0. The Hall–Kier alpha value is -1.35. The van der Waals surface area contributed by atoms with E-state index in [9.17, 15) is 4.79 Å². The van der Waals surface area contributed by atoms with Crippen molar-refractivity contribution in [3.8, 4) is 0 Å². The molecule has 88 valence electrons. The fraction of sp³-hybridized carbons (Fsp3) is 0.462. The van der Waals surface area contributed by atoms with Crippen LogP contribution < -0.4 is 5.32 Å². The number of aryl methyl sites for hydroxylation is 2. The minimum Gasteiger partial charge on any atom is -0.480 e. The number of hydrogen-bond donors (Lipinski definition) is 2. The smallest absolute Gasteiger partial charge is 0.323 e. The predicted octanol–water partition coefficient (Wildman–Crippen LogP) is 2.26. The van der Waals surface area contributed by atoms with Gasteiger partial charge in [-0.2, -0.15) is 0 Å². The molecule has 0 radical (unpaired) electrons. The molecule has 0 heterocycles. The second-order valence-electron chi connectivity index (χ2n) is 4.71. The lowest BCUT2D eigenvalue weighted by molar-refractivity contribution is -0.143. The van der Waals surface area contributed by atoms with Gasteiger partial charge in [0.15, 0.2) is 0 Å². The van der Waals surface area contributed by atoms with Gasteiger partial charge in [0, 0.05) is 6.54 Å². The third kappa shape index (κ3) is 3.07. The van der Waals surface area contributed by atoms with Crippen molar-refractivity contribution < 1.29 is 9.90 Å². The van der Waals surface area contributed by atoms with Gasteiger partial charge in [0.2, 0.25) is 0 Å². The molecule has 0 unspecified atom stereocenters. The van der Waals surface area contributed by atoms with Gasteiger partial charge in [-0.1, -0.05) is 23.8 Å². The maximum Gasteiger partial charge on any atom is 0.323 e. The fourth-order valence-corrected chi connectivity index (χ4v) is 1.44. The second-order valence-corrected chi connectivity index (χ2v) is 4.71. The topological polar surface area (TPSA) is 49.3 Å². The predicted molar refractivity (Wildman–Crippen MR) is 64.5 cm³/mol. The third-order valence-corrected chi connectivity index (χ3v) is 2.75. The summed E-state index contributed by atoms with van der Waals surface area (Å²) in [4.78, 5) is 10.9. The minimum atomic E-state index is -0.892. The van der Waals surface area contributed by atoms with Gasteiger partial charge < -0.3 is 5.11 Å². The van der Waals surface area contributed by atoms with E-state index in [-0.39, 0.29) is 0 Å². The summed E-state index contributed by atoms with van der Waals surface area (Å²) in [5.41, 5.74) is 2.66. The Labute approximate surface area is 96.5 Å². The van der Waals surface area contributed by atoms with Crippen LogP contribution in [0.3, 0.4) is 0 Å². The molecule has 16 heavy (non-hydrogen) atoms. The van der Waals surface area contributed by atoms with Gasteiger partial charge in [-0.05, 0) is 38.8 Å². The van der Waals surface area contributed by atoms with Crippen LogP contribution in [0.1, 0.15) is 30.5 Å². The fourth-order valence-electron chi connectivity index (χ4n) is 1.44. The summed E-state index contributed by atoms with van der Waals surface area (Å²) in [5, 5.41) is 12.0. The van der Waals surface area contributed by atoms with E-state index in [2.05, 4.69) is 11.4 Å². The van der Waals surface area contributed by atoms with Gasteiger partial charge in [0.1, 0.15) is 5.54 Å². The van der Waals surface area contributed by atoms with E-state index in [1.165, 1.54) is 11.1 Å². The van der Waals surface area contributed by atoms with Crippen LogP contribution in [-0.2, 0) is 11.3 Å². The van der Waals surface area contributed by atoms with E-state index in [1.807, 2.05) is 26.0 Å². The summed E-state index contributed by atoms with van der Waals surface area (Å²) in [5.74, 6) is -0.836. The molecule has 0 spiro atoms. The Morgan fingerprint density at radius 3 is 2.50 bits per heavy atom. The van der Waals surface area contributed by atoms with E-state index in [0.717, 1.165) is 5.56 Å². The molecule has 0 saturated heterocycles. The van der Waals surface area contributed by atoms with Gasteiger partial charge >= 0.3 is 5.97 Å². The van der Waals surface area contributed by atoms with Crippen molar-refractivity contribution in [2.45, 2.75) is 39.8 Å². The van der Waals surface area contributed by atoms with Crippen LogP contribution in [-0.4, -0.2) is 16.6 Å². The van der Waals surface area contributed by atoms with Crippen LogP contribution in [0.25, 0.3) is 0 Å². The van der Waals surface area contributed by atoms with E-state index in [1.54, 1.807) is 13.8 Å². The Balaban J connectivity index is 2.72. The average Bonchev–Trinajstić information content (AvgIpc) is 2.16. The Morgan fingerprint density at radius 2 is 2.00 bits per heavy atom. The molecule has 3 heteroatoms. The highest BCUT2D eigenvalue weighted by atomic mass is 16.4. The summed E-state index contributed by atoms with van der Waals surface area (Å²) in [6.07, 6.45) is 0. The first-order valence-electron chi connectivity index (χ1n) is 5.37. The molecule has 1 aromatic carbocycles. The lowest BCUT2D eigenvalue weighted by Crippen LogP contribution is -2.46. The second kappa shape index (κ2) is 4.66. The molecule has 0 bridgehead atoms. The number of aliphatic carboxylic acids is 1. The summed E-state index contributed by atoms with van der Waals surface area (Å²) < 4.78 is 0. The number of carboxylic acid groups (broad SMARTS) is 1. The highest BCUT2D eigenvalue weighted by Crippen LogP contribution is 2.12. The van der Waals surface area contributed by atoms with Gasteiger partial charge in [-0.3, -0.25) is 10.1 Å². The van der Waals surface area contributed by atoms with E-state index in [4.69, 9.17) is 5.11 Å². The molecule has 2 N–H and O–H groups in total. The van der Waals surface area contributed by atoms with Crippen LogP contribution in [0.2, 0.25) is 0 Å². The lowest BCUT2D eigenvalue weighted by Gasteiger charge is -2.21. The maximum atomic E-state index is 10.9. The van der Waals surface area contributed by atoms with Crippen LogP contribution in [0.5, 0.6) is 0 Å². The van der Waals surface area contributed by atoms with Gasteiger partial charge in [0.25, 0.3) is 0 Å². The number of nitrogens with one attached hydrogen (secondary N) is 1. The average molecular weight is 221 g/mol. The van der Waals surface area contributed by atoms with Crippen molar-refractivity contribution in [2.24, 2.45) is 0 Å². The Bertz CT molecular complexity index is 397. The summed E-state index contributed by atoms with van der Waals surface area (Å²) in [7, 11) is 0. The standard InChI is InChI=1S/C13H19NO2/c1-9-5-6-11(10(2)7-9)8-14-13(3,4)12(15)16/h5-7,14H,8H2,1-4H3,(H,15,16). The van der Waals surface area contributed by atoms with Gasteiger partial charge in [-0.25, -0.2) is 0 Å². The summed E-state index contributed by atoms with van der Waals surface area (Å²) in [6.45, 7) is 7.99. The van der Waals surface area contributed by atoms with E-state index >= 15 is 0 Å². The molecule has 0 fully saturated rings. The van der Waals surface area contributed by atoms with Crippen LogP contribution >= 0.6 is 0 Å². The quantitative estimate of drug-likeness (QED) is 0.820. The molecule has 1 rings (SSSR count). The highest BCUT2D eigenvalue weighted by molar-refractivity contribution is 5.77. The molecule has 0 saturated carbocycles. The molecule has 3 nitrogen and oxygen atoms in total. The van der Waals surface area contributed by atoms with Crippen LogP contribution in [0.4, 0.5) is 0 Å². The minimum absolute atomic E-state index is 0.575. The normalized spacial score (nSPS) is 11.5. The number of hydrogen-bond acceptors (Lipinski definition) is 2. The summed E-state index contributed by atoms with van der Waals surface area (Å²) in [6, 6.07) is 6.18. The molecule has 1 aromatic rings. The number of carboxylic acids is 1. The molecule has 0 aliphatic rings. The number of rotatable bonds is 4. The SMILES string of the molecule is Cc1ccc(CNC(C)(C)C(=O)O)c(C)c1. The monoisotopic (exact) mass is 221 g/mol. The Kier molecular flexibility index (Phi) is 3.70. The van der Waals surface area contributed by atoms with Crippen molar-refractivity contribution in [2.75, 3.05) is 0 Å². The zero-order valence-corrected chi connectivity index (χ0v) is 10.3. The van der Waals surface area contributed by atoms with Crippen molar-refractivity contribution >= 4 is 5.97 Å². The molecule has 0 atom stereocenters.